The number of alkyl carbamates (subject to hydrolysis) is 1. The Morgan fingerprint density at radius 3 is 2.62 bits per heavy atom. The topological polar surface area (TPSA) is 127 Å². The minimum Gasteiger partial charge on any atom is -0.480 e. The molecule has 0 saturated carbocycles. The van der Waals surface area contributed by atoms with Gasteiger partial charge in [0, 0.05) is 18.0 Å². The van der Waals surface area contributed by atoms with Crippen LogP contribution in [0.3, 0.4) is 0 Å². The van der Waals surface area contributed by atoms with Gasteiger partial charge in [-0.15, -0.1) is 13.2 Å². The zero-order chi connectivity index (χ0) is 29.2. The van der Waals surface area contributed by atoms with E-state index in [0.29, 0.717) is 28.5 Å². The minimum atomic E-state index is -5.25. The molecule has 40 heavy (non-hydrogen) atoms. The molecule has 2 aliphatic rings. The number of nitrogens with one attached hydrogen (secondary N) is 1. The van der Waals surface area contributed by atoms with Crippen LogP contribution < -0.4 is 10.1 Å². The van der Waals surface area contributed by atoms with E-state index in [0.717, 1.165) is 5.56 Å². The number of carboxylic acid groups (broad SMARTS) is 1. The lowest BCUT2D eigenvalue weighted by molar-refractivity contribution is -0.361. The predicted octanol–water partition coefficient (Wildman–Crippen LogP) is 4.48. The average Bonchev–Trinajstić information content (AvgIpc) is 3.20. The van der Waals surface area contributed by atoms with Gasteiger partial charge in [0.2, 0.25) is 11.8 Å². The van der Waals surface area contributed by atoms with Crippen molar-refractivity contribution in [3.63, 3.8) is 0 Å². The lowest BCUT2D eigenvalue weighted by Gasteiger charge is -2.37. The molecule has 1 aromatic carbocycles. The van der Waals surface area contributed by atoms with E-state index in [-0.39, 0.29) is 12.5 Å². The van der Waals surface area contributed by atoms with Crippen LogP contribution in [0.2, 0.25) is 0 Å². The fraction of sp³-hybridized carbons (Fsp3) is 0.481. The van der Waals surface area contributed by atoms with Crippen molar-refractivity contribution in [2.24, 2.45) is 5.41 Å². The summed E-state index contributed by atoms with van der Waals surface area (Å²) in [6.07, 6.45) is -4.31. The molecule has 2 aliphatic heterocycles. The van der Waals surface area contributed by atoms with E-state index in [2.05, 4.69) is 15.0 Å². The van der Waals surface area contributed by atoms with Crippen molar-refractivity contribution < 1.29 is 46.9 Å². The summed E-state index contributed by atoms with van der Waals surface area (Å²) in [7, 11) is 0. The normalized spacial score (nSPS) is 24.7. The SMILES string of the molecule is CC(C)(C)[C@@H]1NC(=O)OCCCC=Cc2ccc3ccnc(c3c2)O[C@H]2C[C@@H](C(=O)O)N(C1=O)[C@@H]2OC(F)(F)F. The number of carbonyl (C=O) groups excluding carboxylic acids is 2. The molecule has 4 bridgehead atoms. The third kappa shape index (κ3) is 6.64. The molecule has 10 nitrogen and oxygen atoms in total. The van der Waals surface area contributed by atoms with Gasteiger partial charge in [-0.05, 0) is 41.3 Å². The number of amides is 2. The van der Waals surface area contributed by atoms with Crippen molar-refractivity contribution in [1.29, 1.82) is 0 Å². The number of cyclic esters (lactones) is 1. The number of fused-ring (bicyclic) bond motifs is 3. The largest absolute Gasteiger partial charge is 0.524 e. The number of carboxylic acids is 1. The molecule has 2 amide bonds. The number of aromatic nitrogens is 1. The number of pyridine rings is 1. The van der Waals surface area contributed by atoms with E-state index in [1.54, 1.807) is 39.0 Å². The van der Waals surface area contributed by atoms with Crippen LogP contribution in [0.15, 0.2) is 36.5 Å². The van der Waals surface area contributed by atoms with Crippen molar-refractivity contribution in [2.75, 3.05) is 6.61 Å². The quantitative estimate of drug-likeness (QED) is 0.546. The van der Waals surface area contributed by atoms with Crippen LogP contribution in [-0.2, 0) is 19.1 Å². The third-order valence-electron chi connectivity index (χ3n) is 6.63. The number of ether oxygens (including phenoxy) is 3. The van der Waals surface area contributed by atoms with Gasteiger partial charge in [0.25, 0.3) is 0 Å². The molecule has 0 radical (unpaired) electrons. The number of hydrogen-bond acceptors (Lipinski definition) is 7. The minimum absolute atomic E-state index is 0.0181. The zero-order valence-corrected chi connectivity index (χ0v) is 22.1. The van der Waals surface area contributed by atoms with Crippen LogP contribution >= 0.6 is 0 Å². The molecule has 0 spiro atoms. The Hall–Kier alpha value is -3.87. The number of alkyl halides is 3. The maximum absolute atomic E-state index is 13.8. The predicted molar refractivity (Wildman–Crippen MR) is 136 cm³/mol. The van der Waals surface area contributed by atoms with Crippen molar-refractivity contribution in [3.8, 4) is 5.88 Å². The Kier molecular flexibility index (Phi) is 8.24. The number of carbonyl (C=O) groups is 3. The van der Waals surface area contributed by atoms with Gasteiger partial charge in [0.1, 0.15) is 18.2 Å². The van der Waals surface area contributed by atoms with E-state index < -0.39 is 60.6 Å². The molecule has 216 valence electrons. The Morgan fingerprint density at radius 1 is 1.20 bits per heavy atom. The highest BCUT2D eigenvalue weighted by Gasteiger charge is 2.55. The van der Waals surface area contributed by atoms with Gasteiger partial charge in [-0.1, -0.05) is 45.1 Å². The Morgan fingerprint density at radius 2 is 1.95 bits per heavy atom. The first-order valence-corrected chi connectivity index (χ1v) is 12.7. The molecule has 2 N–H and O–H groups in total. The summed E-state index contributed by atoms with van der Waals surface area (Å²) < 4.78 is 56.4. The Bertz CT molecular complexity index is 1310. The van der Waals surface area contributed by atoms with Crippen molar-refractivity contribution in [1.82, 2.24) is 15.2 Å². The van der Waals surface area contributed by atoms with Crippen molar-refractivity contribution >= 4 is 34.8 Å². The first-order valence-electron chi connectivity index (χ1n) is 12.7. The van der Waals surface area contributed by atoms with Gasteiger partial charge in [0.05, 0.1) is 6.61 Å². The number of rotatable bonds is 2. The van der Waals surface area contributed by atoms with Gasteiger partial charge in [0.15, 0.2) is 6.23 Å². The maximum Gasteiger partial charge on any atom is 0.524 e. The van der Waals surface area contributed by atoms with Crippen LogP contribution in [-0.4, -0.2) is 70.3 Å². The first kappa shape index (κ1) is 29.1. The maximum atomic E-state index is 13.8. The average molecular weight is 566 g/mol. The molecule has 0 unspecified atom stereocenters. The number of nitrogens with zero attached hydrogens (tertiary/aromatic N) is 2. The van der Waals surface area contributed by atoms with Gasteiger partial charge in [-0.3, -0.25) is 14.4 Å². The van der Waals surface area contributed by atoms with Crippen molar-refractivity contribution in [3.05, 3.63) is 42.1 Å². The molecule has 4 atom stereocenters. The highest BCUT2D eigenvalue weighted by Crippen LogP contribution is 2.37. The monoisotopic (exact) mass is 565 g/mol. The molecule has 2 aromatic rings. The van der Waals surface area contributed by atoms with E-state index in [1.165, 1.54) is 6.20 Å². The number of benzene rings is 1. The van der Waals surface area contributed by atoms with E-state index >= 15 is 0 Å². The van der Waals surface area contributed by atoms with Gasteiger partial charge in [-0.25, -0.2) is 14.6 Å². The number of allylic oxidation sites excluding steroid dienone is 1. The molecule has 0 aliphatic carbocycles. The Balaban J connectivity index is 1.85. The molecule has 1 saturated heterocycles. The summed E-state index contributed by atoms with van der Waals surface area (Å²) in [5.74, 6) is -2.69. The van der Waals surface area contributed by atoms with Crippen LogP contribution in [0.5, 0.6) is 5.88 Å². The lowest BCUT2D eigenvalue weighted by atomic mass is 9.85. The van der Waals surface area contributed by atoms with Crippen LogP contribution in [0.25, 0.3) is 16.8 Å². The van der Waals surface area contributed by atoms with Crippen molar-refractivity contribution in [2.45, 2.75) is 70.8 Å². The highest BCUT2D eigenvalue weighted by molar-refractivity contribution is 5.91. The summed E-state index contributed by atoms with van der Waals surface area (Å²) in [5, 5.41) is 13.5. The molecular weight excluding hydrogens is 535 g/mol. The fourth-order valence-corrected chi connectivity index (χ4v) is 4.72. The fourth-order valence-electron chi connectivity index (χ4n) is 4.72. The number of halogens is 3. The summed E-state index contributed by atoms with van der Waals surface area (Å²) >= 11 is 0. The van der Waals surface area contributed by atoms with Crippen LogP contribution in [0.4, 0.5) is 18.0 Å². The molecule has 4 rings (SSSR count). The summed E-state index contributed by atoms with van der Waals surface area (Å²) in [4.78, 5) is 43.3. The second-order valence-electron chi connectivity index (χ2n) is 10.7. The molecule has 1 fully saturated rings. The lowest BCUT2D eigenvalue weighted by Crippen LogP contribution is -2.60. The van der Waals surface area contributed by atoms with Crippen LogP contribution in [0, 0.1) is 5.41 Å². The third-order valence-corrected chi connectivity index (χ3v) is 6.63. The number of aliphatic carboxylic acids is 1. The van der Waals surface area contributed by atoms with Gasteiger partial charge < -0.3 is 19.9 Å². The summed E-state index contributed by atoms with van der Waals surface area (Å²) in [6, 6.07) is 3.87. The Labute approximate surface area is 228 Å². The molecular formula is C27H30F3N3O7. The molecule has 3 heterocycles. The highest BCUT2D eigenvalue weighted by atomic mass is 19.4. The standard InChI is InChI=1S/C27H30F3N3O7/c1-26(2,3)20-22(34)33-18(24(35)36)14-19(23(33)40-27(28,29)30)39-21-17-13-15(8-9-16(17)10-11-31-21)7-5-4-6-12-38-25(37)32-20/h5,7-11,13,18-20,23H,4,6,12,14H2,1-3H3,(H,32,37)(H,35,36)/t18-,19-,20+,23+/m0/s1. The zero-order valence-electron chi connectivity index (χ0n) is 22.1. The second kappa shape index (κ2) is 11.3. The summed E-state index contributed by atoms with van der Waals surface area (Å²) in [6.45, 7) is 4.74. The first-order chi connectivity index (χ1) is 18.7. The van der Waals surface area contributed by atoms with E-state index in [9.17, 15) is 32.7 Å². The second-order valence-corrected chi connectivity index (χ2v) is 10.7. The smallest absolute Gasteiger partial charge is 0.480 e. The molecule has 13 heteroatoms. The van der Waals surface area contributed by atoms with Gasteiger partial charge >= 0.3 is 18.4 Å². The summed E-state index contributed by atoms with van der Waals surface area (Å²) in [5.41, 5.74) is -0.286. The van der Waals surface area contributed by atoms with E-state index in [1.807, 2.05) is 18.2 Å². The van der Waals surface area contributed by atoms with Crippen LogP contribution in [0.1, 0.15) is 45.6 Å². The number of hydrogen-bond donors (Lipinski definition) is 2. The molecule has 1 aromatic heterocycles. The van der Waals surface area contributed by atoms with E-state index in [4.69, 9.17) is 9.47 Å². The van der Waals surface area contributed by atoms with Gasteiger partial charge in [-0.2, -0.15) is 0 Å².